The molecule has 0 bridgehead atoms. The predicted molar refractivity (Wildman–Crippen MR) is 112 cm³/mol. The third kappa shape index (κ3) is 3.71. The number of nitrogens with zero attached hydrogens (tertiary/aromatic N) is 6. The molecule has 4 rings (SSSR count). The van der Waals surface area contributed by atoms with Crippen LogP contribution < -0.4 is 4.90 Å². The summed E-state index contributed by atoms with van der Waals surface area (Å²) in [6.45, 7) is 10.1. The summed E-state index contributed by atoms with van der Waals surface area (Å²) in [4.78, 5) is 14.0. The molecule has 0 saturated carbocycles. The maximum atomic E-state index is 9.03. The van der Waals surface area contributed by atoms with Gasteiger partial charge in [0.05, 0.1) is 17.3 Å². The summed E-state index contributed by atoms with van der Waals surface area (Å²) in [6.07, 6.45) is 3.47. The Bertz CT molecular complexity index is 1000. The minimum atomic E-state index is 0.329. The molecular weight excluding hydrogens is 362 g/mol. The third-order valence-electron chi connectivity index (χ3n) is 5.73. The van der Waals surface area contributed by atoms with Crippen LogP contribution in [0.1, 0.15) is 35.5 Å². The number of aromatic nitrogens is 4. The van der Waals surface area contributed by atoms with Crippen molar-refractivity contribution in [3.63, 3.8) is 0 Å². The van der Waals surface area contributed by atoms with E-state index in [0.29, 0.717) is 11.6 Å². The topological polar surface area (TPSA) is 84.7 Å². The zero-order valence-electron chi connectivity index (χ0n) is 17.1. The molecule has 3 heterocycles. The first-order valence-corrected chi connectivity index (χ1v) is 9.90. The van der Waals surface area contributed by atoms with Crippen LogP contribution >= 0.6 is 0 Å². The van der Waals surface area contributed by atoms with E-state index in [1.165, 1.54) is 5.56 Å². The van der Waals surface area contributed by atoms with E-state index in [0.717, 1.165) is 54.6 Å². The zero-order chi connectivity index (χ0) is 20.4. The molecule has 2 aromatic heterocycles. The number of nitriles is 1. The van der Waals surface area contributed by atoms with Gasteiger partial charge in [-0.1, -0.05) is 12.1 Å². The number of rotatable bonds is 4. The number of anilines is 1. The van der Waals surface area contributed by atoms with E-state index in [4.69, 9.17) is 5.26 Å². The van der Waals surface area contributed by atoms with E-state index in [2.05, 4.69) is 56.8 Å². The molecule has 1 unspecified atom stereocenters. The van der Waals surface area contributed by atoms with Crippen molar-refractivity contribution in [1.29, 1.82) is 5.26 Å². The molecule has 1 saturated heterocycles. The van der Waals surface area contributed by atoms with Gasteiger partial charge in [-0.05, 0) is 32.9 Å². The average Bonchev–Trinajstić information content (AvgIpc) is 3.11. The number of benzene rings is 1. The van der Waals surface area contributed by atoms with Crippen LogP contribution in [0, 0.1) is 25.2 Å². The lowest BCUT2D eigenvalue weighted by Crippen LogP contribution is -2.47. The molecule has 7 nitrogen and oxygen atoms in total. The molecule has 29 heavy (non-hydrogen) atoms. The zero-order valence-corrected chi connectivity index (χ0v) is 17.1. The molecule has 0 radical (unpaired) electrons. The SMILES string of the molecule is Cc1n[nH]c(C)c1C(C)N1CCN(c2nccnc2-c2ccc(C#N)cc2)CC1. The Kier molecular flexibility index (Phi) is 5.28. The molecule has 1 atom stereocenters. The Morgan fingerprint density at radius 2 is 1.72 bits per heavy atom. The van der Waals surface area contributed by atoms with Crippen molar-refractivity contribution in [1.82, 2.24) is 25.1 Å². The summed E-state index contributed by atoms with van der Waals surface area (Å²) in [6, 6.07) is 10.0. The Labute approximate surface area is 171 Å². The van der Waals surface area contributed by atoms with Crippen molar-refractivity contribution >= 4 is 5.82 Å². The van der Waals surface area contributed by atoms with Crippen molar-refractivity contribution in [2.45, 2.75) is 26.8 Å². The van der Waals surface area contributed by atoms with Crippen molar-refractivity contribution in [3.8, 4) is 17.3 Å². The van der Waals surface area contributed by atoms with Gasteiger partial charge in [-0.2, -0.15) is 10.4 Å². The van der Waals surface area contributed by atoms with Gasteiger partial charge in [0.15, 0.2) is 5.82 Å². The van der Waals surface area contributed by atoms with Gasteiger partial charge in [0.2, 0.25) is 0 Å². The first-order chi connectivity index (χ1) is 14.1. The summed E-state index contributed by atoms with van der Waals surface area (Å²) in [5.41, 5.74) is 6.01. The van der Waals surface area contributed by atoms with Crippen LogP contribution in [0.15, 0.2) is 36.7 Å². The van der Waals surface area contributed by atoms with Crippen LogP contribution in [0.5, 0.6) is 0 Å². The number of hydrogen-bond acceptors (Lipinski definition) is 6. The smallest absolute Gasteiger partial charge is 0.155 e. The minimum absolute atomic E-state index is 0.329. The highest BCUT2D eigenvalue weighted by Crippen LogP contribution is 2.30. The number of nitrogens with one attached hydrogen (secondary N) is 1. The van der Waals surface area contributed by atoms with Gasteiger partial charge < -0.3 is 4.90 Å². The standard InChI is InChI=1S/C22H25N7/c1-15-20(16(2)27-26-15)17(3)28-10-12-29(13-11-28)22-21(24-8-9-25-22)19-6-4-18(14-23)5-7-19/h4-9,17H,10-13H2,1-3H3,(H,26,27). The van der Waals surface area contributed by atoms with Crippen LogP contribution in [0.25, 0.3) is 11.3 Å². The number of aryl methyl sites for hydroxylation is 2. The van der Waals surface area contributed by atoms with Crippen molar-refractivity contribution < 1.29 is 0 Å². The fraction of sp³-hybridized carbons (Fsp3) is 0.364. The van der Waals surface area contributed by atoms with E-state index in [1.54, 1.807) is 12.4 Å². The highest BCUT2D eigenvalue weighted by atomic mass is 15.3. The minimum Gasteiger partial charge on any atom is -0.352 e. The second-order valence-corrected chi connectivity index (χ2v) is 7.46. The number of H-pyrrole nitrogens is 1. The van der Waals surface area contributed by atoms with Gasteiger partial charge >= 0.3 is 0 Å². The summed E-state index contributed by atoms with van der Waals surface area (Å²) in [7, 11) is 0. The second-order valence-electron chi connectivity index (χ2n) is 7.46. The maximum Gasteiger partial charge on any atom is 0.155 e. The van der Waals surface area contributed by atoms with E-state index < -0.39 is 0 Å². The quantitative estimate of drug-likeness (QED) is 0.740. The second kappa shape index (κ2) is 8.02. The molecule has 1 aliphatic rings. The van der Waals surface area contributed by atoms with E-state index >= 15 is 0 Å². The monoisotopic (exact) mass is 387 g/mol. The highest BCUT2D eigenvalue weighted by molar-refractivity contribution is 5.72. The number of aromatic amines is 1. The third-order valence-corrected chi connectivity index (χ3v) is 5.73. The van der Waals surface area contributed by atoms with Gasteiger partial charge in [0, 0.05) is 61.4 Å². The van der Waals surface area contributed by atoms with Gasteiger partial charge in [-0.25, -0.2) is 4.98 Å². The van der Waals surface area contributed by atoms with Gasteiger partial charge in [0.1, 0.15) is 5.69 Å². The van der Waals surface area contributed by atoms with Crippen molar-refractivity contribution in [2.24, 2.45) is 0 Å². The summed E-state index contributed by atoms with van der Waals surface area (Å²) < 4.78 is 0. The summed E-state index contributed by atoms with van der Waals surface area (Å²) in [5.74, 6) is 0.903. The molecular formula is C22H25N7. The normalized spacial score (nSPS) is 15.9. The first kappa shape index (κ1) is 19.1. The number of piperazine rings is 1. The molecule has 0 spiro atoms. The lowest BCUT2D eigenvalue weighted by molar-refractivity contribution is 0.197. The van der Waals surface area contributed by atoms with Crippen LogP contribution in [0.2, 0.25) is 0 Å². The number of hydrogen-bond donors (Lipinski definition) is 1. The molecule has 1 aromatic carbocycles. The predicted octanol–water partition coefficient (Wildman–Crippen LogP) is 3.24. The van der Waals surface area contributed by atoms with Crippen molar-refractivity contribution in [3.05, 3.63) is 59.2 Å². The highest BCUT2D eigenvalue weighted by Gasteiger charge is 2.27. The van der Waals surface area contributed by atoms with E-state index in [9.17, 15) is 0 Å². The lowest BCUT2D eigenvalue weighted by Gasteiger charge is -2.39. The Balaban J connectivity index is 1.51. The summed E-state index contributed by atoms with van der Waals surface area (Å²) >= 11 is 0. The van der Waals surface area contributed by atoms with Gasteiger partial charge in [0.25, 0.3) is 0 Å². The fourth-order valence-electron chi connectivity index (χ4n) is 4.15. The fourth-order valence-corrected chi connectivity index (χ4v) is 4.15. The van der Waals surface area contributed by atoms with E-state index in [-0.39, 0.29) is 0 Å². The molecule has 3 aromatic rings. The van der Waals surface area contributed by atoms with Crippen molar-refractivity contribution in [2.75, 3.05) is 31.1 Å². The molecule has 1 fully saturated rings. The maximum absolute atomic E-state index is 9.03. The van der Waals surface area contributed by atoms with Gasteiger partial charge in [-0.15, -0.1) is 0 Å². The van der Waals surface area contributed by atoms with Crippen LogP contribution in [0.3, 0.4) is 0 Å². The Morgan fingerprint density at radius 3 is 2.34 bits per heavy atom. The molecule has 0 amide bonds. The lowest BCUT2D eigenvalue weighted by atomic mass is 10.0. The first-order valence-electron chi connectivity index (χ1n) is 9.90. The van der Waals surface area contributed by atoms with Crippen LogP contribution in [-0.4, -0.2) is 51.2 Å². The van der Waals surface area contributed by atoms with Gasteiger partial charge in [-0.3, -0.25) is 15.0 Å². The largest absolute Gasteiger partial charge is 0.352 e. The summed E-state index contributed by atoms with van der Waals surface area (Å²) in [5, 5.41) is 16.5. The molecule has 148 valence electrons. The molecule has 1 N–H and O–H groups in total. The Hall–Kier alpha value is -3.24. The van der Waals surface area contributed by atoms with Crippen LogP contribution in [0.4, 0.5) is 5.82 Å². The average molecular weight is 387 g/mol. The Morgan fingerprint density at radius 1 is 1.03 bits per heavy atom. The van der Waals surface area contributed by atoms with E-state index in [1.807, 2.05) is 24.3 Å². The van der Waals surface area contributed by atoms with Crippen LogP contribution in [-0.2, 0) is 0 Å². The molecule has 0 aliphatic carbocycles. The molecule has 1 aliphatic heterocycles. The molecule has 7 heteroatoms.